The van der Waals surface area contributed by atoms with Crippen LogP contribution in [0.15, 0.2) is 36.4 Å². The van der Waals surface area contributed by atoms with Gasteiger partial charge in [0.25, 0.3) is 0 Å². The monoisotopic (exact) mass is 308 g/mol. The van der Waals surface area contributed by atoms with Crippen LogP contribution < -0.4 is 20.9 Å². The fourth-order valence-electron chi connectivity index (χ4n) is 3.18. The van der Waals surface area contributed by atoms with Crippen LogP contribution in [0.5, 0.6) is 0 Å². The van der Waals surface area contributed by atoms with Crippen molar-refractivity contribution >= 4 is 28.7 Å². The Balaban J connectivity index is 1.60. The Bertz CT molecular complexity index is 782. The Morgan fingerprint density at radius 2 is 1.61 bits per heavy atom. The summed E-state index contributed by atoms with van der Waals surface area (Å²) in [5, 5.41) is 9.92. The van der Waals surface area contributed by atoms with Crippen LogP contribution in [-0.2, 0) is 4.79 Å². The molecule has 1 amide bonds. The number of anilines is 4. The van der Waals surface area contributed by atoms with Gasteiger partial charge in [0.15, 0.2) is 0 Å². The van der Waals surface area contributed by atoms with Crippen molar-refractivity contribution in [2.45, 2.75) is 19.0 Å². The Morgan fingerprint density at radius 3 is 2.26 bits per heavy atom. The number of carbonyl (C=O) groups excluding carboxylic acids is 1. The molecule has 0 saturated carbocycles. The van der Waals surface area contributed by atoms with E-state index in [2.05, 4.69) is 51.2 Å². The first-order valence-electron chi connectivity index (χ1n) is 7.82. The molecule has 4 rings (SSSR count). The lowest BCUT2D eigenvalue weighted by atomic mass is 10.0. The van der Waals surface area contributed by atoms with E-state index in [1.165, 1.54) is 11.3 Å². The maximum Gasteiger partial charge on any atom is 0.231 e. The predicted molar refractivity (Wildman–Crippen MR) is 94.2 cm³/mol. The summed E-state index contributed by atoms with van der Waals surface area (Å²) in [6.07, 6.45) is 0.0507. The van der Waals surface area contributed by atoms with Gasteiger partial charge in [0.05, 0.1) is 17.3 Å². The molecular weight excluding hydrogens is 288 g/mol. The molecule has 2 unspecified atom stereocenters. The summed E-state index contributed by atoms with van der Waals surface area (Å²) in [5.74, 6) is -0.0185. The zero-order valence-electron chi connectivity index (χ0n) is 13.5. The lowest BCUT2D eigenvalue weighted by Crippen LogP contribution is -2.13. The second-order valence-corrected chi connectivity index (χ2v) is 6.40. The van der Waals surface area contributed by atoms with Gasteiger partial charge in [-0.1, -0.05) is 12.1 Å². The van der Waals surface area contributed by atoms with E-state index in [0.717, 1.165) is 22.6 Å². The van der Waals surface area contributed by atoms with E-state index in [1.807, 2.05) is 27.1 Å². The molecule has 0 radical (unpaired) electrons. The number of nitrogens with zero attached hydrogens (tertiary/aromatic N) is 1. The van der Waals surface area contributed by atoms with Gasteiger partial charge in [-0.15, -0.1) is 0 Å². The van der Waals surface area contributed by atoms with Gasteiger partial charge in [0.2, 0.25) is 5.91 Å². The third-order valence-electron chi connectivity index (χ3n) is 4.65. The first kappa shape index (κ1) is 13.9. The molecule has 5 heteroatoms. The highest BCUT2D eigenvalue weighted by molar-refractivity contribution is 6.04. The van der Waals surface area contributed by atoms with Gasteiger partial charge >= 0.3 is 0 Å². The average molecular weight is 308 g/mol. The van der Waals surface area contributed by atoms with E-state index in [4.69, 9.17) is 0 Å². The lowest BCUT2D eigenvalue weighted by Gasteiger charge is -2.16. The van der Waals surface area contributed by atoms with E-state index in [1.54, 1.807) is 0 Å². The predicted octanol–water partition coefficient (Wildman–Crippen LogP) is 3.34. The van der Waals surface area contributed by atoms with Crippen molar-refractivity contribution in [3.05, 3.63) is 47.5 Å². The van der Waals surface area contributed by atoms with Crippen LogP contribution in [0.1, 0.15) is 30.1 Å². The summed E-state index contributed by atoms with van der Waals surface area (Å²) in [6.45, 7) is 1.94. The number of rotatable bonds is 2. The molecule has 0 saturated heterocycles. The molecule has 2 heterocycles. The van der Waals surface area contributed by atoms with Crippen molar-refractivity contribution in [2.75, 3.05) is 34.9 Å². The SMILES string of the molecule is CC1C(=O)Nc2cc3c(cc21)NC(c1ccc(N(C)C)cc1)N3. The van der Waals surface area contributed by atoms with Crippen LogP contribution in [0, 0.1) is 0 Å². The fourth-order valence-corrected chi connectivity index (χ4v) is 3.18. The summed E-state index contributed by atoms with van der Waals surface area (Å²) >= 11 is 0. The molecule has 2 aromatic rings. The molecular formula is C18H20N4O. The summed E-state index contributed by atoms with van der Waals surface area (Å²) in [7, 11) is 4.07. The summed E-state index contributed by atoms with van der Waals surface area (Å²) in [4.78, 5) is 13.9. The molecule has 0 fully saturated rings. The van der Waals surface area contributed by atoms with Crippen LogP contribution in [0.25, 0.3) is 0 Å². The molecule has 0 aromatic heterocycles. The van der Waals surface area contributed by atoms with Crippen molar-refractivity contribution < 1.29 is 4.79 Å². The number of hydrogen-bond donors (Lipinski definition) is 3. The first-order valence-corrected chi connectivity index (χ1v) is 7.82. The van der Waals surface area contributed by atoms with Crippen molar-refractivity contribution in [3.8, 4) is 0 Å². The van der Waals surface area contributed by atoms with Gasteiger partial charge in [0, 0.05) is 25.5 Å². The normalized spacial score (nSPS) is 21.1. The van der Waals surface area contributed by atoms with E-state index < -0.39 is 0 Å². The largest absolute Gasteiger partial charge is 0.378 e. The minimum Gasteiger partial charge on any atom is -0.378 e. The molecule has 23 heavy (non-hydrogen) atoms. The molecule has 118 valence electrons. The average Bonchev–Trinajstić information content (AvgIpc) is 3.07. The second-order valence-electron chi connectivity index (χ2n) is 6.40. The molecule has 0 aliphatic carbocycles. The number of benzene rings is 2. The van der Waals surface area contributed by atoms with E-state index >= 15 is 0 Å². The van der Waals surface area contributed by atoms with Crippen LogP contribution in [0.4, 0.5) is 22.7 Å². The van der Waals surface area contributed by atoms with Gasteiger partial charge in [-0.25, -0.2) is 0 Å². The Labute approximate surface area is 135 Å². The van der Waals surface area contributed by atoms with Gasteiger partial charge < -0.3 is 20.9 Å². The highest BCUT2D eigenvalue weighted by Gasteiger charge is 2.30. The lowest BCUT2D eigenvalue weighted by molar-refractivity contribution is -0.116. The Morgan fingerprint density at radius 1 is 0.957 bits per heavy atom. The Hall–Kier alpha value is -2.69. The smallest absolute Gasteiger partial charge is 0.231 e. The number of carbonyl (C=O) groups is 1. The van der Waals surface area contributed by atoms with E-state index in [0.29, 0.717) is 0 Å². The van der Waals surface area contributed by atoms with Crippen molar-refractivity contribution in [1.29, 1.82) is 0 Å². The first-order chi connectivity index (χ1) is 11.0. The minimum absolute atomic E-state index is 0.0507. The molecule has 3 N–H and O–H groups in total. The topological polar surface area (TPSA) is 56.4 Å². The second kappa shape index (κ2) is 4.91. The number of nitrogens with one attached hydrogen (secondary N) is 3. The van der Waals surface area contributed by atoms with Crippen molar-refractivity contribution in [3.63, 3.8) is 0 Å². The summed E-state index contributed by atoms with van der Waals surface area (Å²) < 4.78 is 0. The number of fused-ring (bicyclic) bond motifs is 2. The fraction of sp³-hybridized carbons (Fsp3) is 0.278. The molecule has 0 bridgehead atoms. The maximum absolute atomic E-state index is 11.8. The summed E-state index contributed by atoms with van der Waals surface area (Å²) in [6, 6.07) is 12.6. The Kier molecular flexibility index (Phi) is 2.98. The highest BCUT2D eigenvalue weighted by Crippen LogP contribution is 2.43. The quantitative estimate of drug-likeness (QED) is 0.796. The van der Waals surface area contributed by atoms with Crippen molar-refractivity contribution in [2.24, 2.45) is 0 Å². The number of amides is 1. The molecule has 2 atom stereocenters. The molecule has 2 aliphatic heterocycles. The third kappa shape index (κ3) is 2.20. The van der Waals surface area contributed by atoms with E-state index in [-0.39, 0.29) is 18.0 Å². The molecule has 2 aliphatic rings. The third-order valence-corrected chi connectivity index (χ3v) is 4.65. The van der Waals surface area contributed by atoms with Crippen LogP contribution >= 0.6 is 0 Å². The zero-order valence-corrected chi connectivity index (χ0v) is 13.5. The van der Waals surface area contributed by atoms with Gasteiger partial charge in [-0.3, -0.25) is 4.79 Å². The molecule has 5 nitrogen and oxygen atoms in total. The van der Waals surface area contributed by atoms with Crippen LogP contribution in [0.2, 0.25) is 0 Å². The molecule has 2 aromatic carbocycles. The summed E-state index contributed by atoms with van der Waals surface area (Å²) in [5.41, 5.74) is 6.42. The van der Waals surface area contributed by atoms with E-state index in [9.17, 15) is 4.79 Å². The van der Waals surface area contributed by atoms with Gasteiger partial charge in [0.1, 0.15) is 6.17 Å². The van der Waals surface area contributed by atoms with Gasteiger partial charge in [-0.2, -0.15) is 0 Å². The standard InChI is InChI=1S/C18H20N4O/c1-10-13-8-15-16(9-14(13)21-18(10)23)20-17(19-15)11-4-6-12(7-5-11)22(2)3/h4-10,17,19-20H,1-3H3,(H,21,23). The van der Waals surface area contributed by atoms with Crippen LogP contribution in [-0.4, -0.2) is 20.0 Å². The zero-order chi connectivity index (χ0) is 16.1. The number of hydrogen-bond acceptors (Lipinski definition) is 4. The minimum atomic E-state index is -0.0875. The highest BCUT2D eigenvalue weighted by atomic mass is 16.2. The van der Waals surface area contributed by atoms with Crippen molar-refractivity contribution in [1.82, 2.24) is 0 Å². The molecule has 0 spiro atoms. The van der Waals surface area contributed by atoms with Crippen LogP contribution in [0.3, 0.4) is 0 Å². The maximum atomic E-state index is 11.8. The van der Waals surface area contributed by atoms with Gasteiger partial charge in [-0.05, 0) is 42.3 Å².